The molecule has 96 valence electrons. The van der Waals surface area contributed by atoms with Gasteiger partial charge in [0.05, 0.1) is 19.8 Å². The lowest BCUT2D eigenvalue weighted by molar-refractivity contribution is 0.122. The molecule has 1 unspecified atom stereocenters. The maximum atomic E-state index is 13.3. The van der Waals surface area contributed by atoms with Gasteiger partial charge in [-0.3, -0.25) is 0 Å². The molecule has 0 heterocycles. The van der Waals surface area contributed by atoms with Crippen LogP contribution in [0.1, 0.15) is 25.5 Å². The minimum atomic E-state index is -0.264. The van der Waals surface area contributed by atoms with Gasteiger partial charge in [0, 0.05) is 12.2 Å². The van der Waals surface area contributed by atoms with E-state index in [0.717, 1.165) is 12.1 Å². The van der Waals surface area contributed by atoms with Crippen molar-refractivity contribution in [2.75, 3.05) is 26.9 Å². The summed E-state index contributed by atoms with van der Waals surface area (Å²) in [6.45, 7) is 5.87. The van der Waals surface area contributed by atoms with E-state index in [9.17, 15) is 4.39 Å². The highest BCUT2D eigenvalue weighted by atomic mass is 19.1. The largest absolute Gasteiger partial charge is 0.496 e. The Morgan fingerprint density at radius 1 is 1.35 bits per heavy atom. The van der Waals surface area contributed by atoms with Crippen LogP contribution in [0.25, 0.3) is 0 Å². The van der Waals surface area contributed by atoms with Gasteiger partial charge >= 0.3 is 0 Å². The second-order valence-electron chi connectivity index (χ2n) is 3.66. The first-order valence-electron chi connectivity index (χ1n) is 5.87. The summed E-state index contributed by atoms with van der Waals surface area (Å²) in [5.41, 5.74) is 0.794. The van der Waals surface area contributed by atoms with Gasteiger partial charge in [0.1, 0.15) is 11.6 Å². The molecule has 4 heteroatoms. The number of benzene rings is 1. The van der Waals surface area contributed by atoms with Crippen molar-refractivity contribution >= 4 is 0 Å². The van der Waals surface area contributed by atoms with Gasteiger partial charge in [-0.1, -0.05) is 6.92 Å². The summed E-state index contributed by atoms with van der Waals surface area (Å²) in [5.74, 6) is 0.414. The molecule has 0 saturated carbocycles. The Morgan fingerprint density at radius 3 is 2.71 bits per heavy atom. The first-order chi connectivity index (χ1) is 8.22. The van der Waals surface area contributed by atoms with Gasteiger partial charge in [0.15, 0.2) is 0 Å². The van der Waals surface area contributed by atoms with Crippen molar-refractivity contribution in [1.82, 2.24) is 5.32 Å². The van der Waals surface area contributed by atoms with E-state index in [1.807, 2.05) is 13.8 Å². The van der Waals surface area contributed by atoms with Gasteiger partial charge < -0.3 is 14.8 Å². The summed E-state index contributed by atoms with van der Waals surface area (Å²) in [7, 11) is 1.58. The van der Waals surface area contributed by atoms with E-state index >= 15 is 0 Å². The molecule has 0 saturated heterocycles. The van der Waals surface area contributed by atoms with Crippen LogP contribution in [0.15, 0.2) is 18.2 Å². The Labute approximate surface area is 102 Å². The number of nitrogens with one attached hydrogen (secondary N) is 1. The zero-order chi connectivity index (χ0) is 12.7. The van der Waals surface area contributed by atoms with Gasteiger partial charge in [-0.15, -0.1) is 0 Å². The highest BCUT2D eigenvalue weighted by Crippen LogP contribution is 2.26. The third-order valence-corrected chi connectivity index (χ3v) is 2.51. The molecular weight excluding hydrogens is 221 g/mol. The minimum Gasteiger partial charge on any atom is -0.496 e. The molecule has 0 aliphatic rings. The Hall–Kier alpha value is -1.13. The van der Waals surface area contributed by atoms with Crippen molar-refractivity contribution in [3.8, 4) is 5.75 Å². The molecular formula is C13H20FNO2. The fourth-order valence-corrected chi connectivity index (χ4v) is 1.72. The highest BCUT2D eigenvalue weighted by molar-refractivity contribution is 5.36. The van der Waals surface area contributed by atoms with Crippen LogP contribution >= 0.6 is 0 Å². The molecule has 1 N–H and O–H groups in total. The summed E-state index contributed by atoms with van der Waals surface area (Å²) >= 11 is 0. The van der Waals surface area contributed by atoms with E-state index in [1.54, 1.807) is 13.2 Å². The predicted octanol–water partition coefficient (Wildman–Crippen LogP) is 2.52. The molecule has 1 aromatic rings. The normalized spacial score (nSPS) is 12.5. The smallest absolute Gasteiger partial charge is 0.123 e. The SMILES string of the molecule is CCNC(COCC)c1cc(F)ccc1OC. The fraction of sp³-hybridized carbons (Fsp3) is 0.538. The van der Waals surface area contributed by atoms with Crippen LogP contribution < -0.4 is 10.1 Å². The molecule has 0 radical (unpaired) electrons. The molecule has 0 aromatic heterocycles. The van der Waals surface area contributed by atoms with E-state index in [1.165, 1.54) is 12.1 Å². The first kappa shape index (κ1) is 13.9. The molecule has 0 aliphatic carbocycles. The molecule has 1 aromatic carbocycles. The molecule has 1 rings (SSSR count). The van der Waals surface area contributed by atoms with Crippen molar-refractivity contribution in [1.29, 1.82) is 0 Å². The van der Waals surface area contributed by atoms with E-state index in [4.69, 9.17) is 9.47 Å². The van der Waals surface area contributed by atoms with E-state index in [2.05, 4.69) is 5.32 Å². The van der Waals surface area contributed by atoms with Crippen molar-refractivity contribution < 1.29 is 13.9 Å². The Bertz CT molecular complexity index is 344. The van der Waals surface area contributed by atoms with Crippen molar-refractivity contribution in [3.05, 3.63) is 29.6 Å². The number of methoxy groups -OCH3 is 1. The minimum absolute atomic E-state index is 0.0504. The van der Waals surface area contributed by atoms with Gasteiger partial charge in [-0.05, 0) is 31.7 Å². The lowest BCUT2D eigenvalue weighted by Gasteiger charge is -2.20. The van der Waals surface area contributed by atoms with Crippen LogP contribution in [0.3, 0.4) is 0 Å². The third-order valence-electron chi connectivity index (χ3n) is 2.51. The maximum absolute atomic E-state index is 13.3. The fourth-order valence-electron chi connectivity index (χ4n) is 1.72. The number of hydrogen-bond acceptors (Lipinski definition) is 3. The molecule has 0 fully saturated rings. The molecule has 0 amide bonds. The highest BCUT2D eigenvalue weighted by Gasteiger charge is 2.16. The molecule has 0 spiro atoms. The third kappa shape index (κ3) is 3.98. The summed E-state index contributed by atoms with van der Waals surface area (Å²) in [6, 6.07) is 4.48. The molecule has 17 heavy (non-hydrogen) atoms. The lowest BCUT2D eigenvalue weighted by atomic mass is 10.1. The Balaban J connectivity index is 2.93. The predicted molar refractivity (Wildman–Crippen MR) is 65.9 cm³/mol. The van der Waals surface area contributed by atoms with Crippen LogP contribution in [0.5, 0.6) is 5.75 Å². The number of hydrogen-bond donors (Lipinski definition) is 1. The zero-order valence-electron chi connectivity index (χ0n) is 10.6. The van der Waals surface area contributed by atoms with Gasteiger partial charge in [0.25, 0.3) is 0 Å². The standard InChI is InChI=1S/C13H20FNO2/c1-4-15-12(9-17-5-2)11-8-10(14)6-7-13(11)16-3/h6-8,12,15H,4-5,9H2,1-3H3. The number of likely N-dealkylation sites (N-methyl/N-ethyl adjacent to an activating group) is 1. The molecule has 1 atom stereocenters. The first-order valence-corrected chi connectivity index (χ1v) is 5.87. The summed E-state index contributed by atoms with van der Waals surface area (Å²) in [6.07, 6.45) is 0. The van der Waals surface area contributed by atoms with Gasteiger partial charge in [-0.25, -0.2) is 4.39 Å². The number of rotatable bonds is 7. The van der Waals surface area contributed by atoms with Crippen LogP contribution in [-0.2, 0) is 4.74 Å². The van der Waals surface area contributed by atoms with Crippen LogP contribution in [0.4, 0.5) is 4.39 Å². The van der Waals surface area contributed by atoms with Crippen LogP contribution in [0.2, 0.25) is 0 Å². The molecule has 0 bridgehead atoms. The lowest BCUT2D eigenvalue weighted by Crippen LogP contribution is -2.26. The van der Waals surface area contributed by atoms with Gasteiger partial charge in [-0.2, -0.15) is 0 Å². The zero-order valence-corrected chi connectivity index (χ0v) is 10.6. The van der Waals surface area contributed by atoms with E-state index < -0.39 is 0 Å². The summed E-state index contributed by atoms with van der Waals surface area (Å²) < 4.78 is 23.9. The van der Waals surface area contributed by atoms with Crippen molar-refractivity contribution in [2.24, 2.45) is 0 Å². The molecule has 0 aliphatic heterocycles. The summed E-state index contributed by atoms with van der Waals surface area (Å²) in [5, 5.41) is 3.26. The van der Waals surface area contributed by atoms with E-state index in [0.29, 0.717) is 19.0 Å². The van der Waals surface area contributed by atoms with Gasteiger partial charge in [0.2, 0.25) is 0 Å². The average Bonchev–Trinajstić information content (AvgIpc) is 2.34. The quantitative estimate of drug-likeness (QED) is 0.795. The number of halogens is 1. The monoisotopic (exact) mass is 241 g/mol. The van der Waals surface area contributed by atoms with Crippen LogP contribution in [-0.4, -0.2) is 26.9 Å². The second kappa shape index (κ2) is 7.25. The summed E-state index contributed by atoms with van der Waals surface area (Å²) in [4.78, 5) is 0. The second-order valence-corrected chi connectivity index (χ2v) is 3.66. The average molecular weight is 241 g/mol. The van der Waals surface area contributed by atoms with Crippen molar-refractivity contribution in [2.45, 2.75) is 19.9 Å². The molecule has 3 nitrogen and oxygen atoms in total. The van der Waals surface area contributed by atoms with E-state index in [-0.39, 0.29) is 11.9 Å². The number of ether oxygens (including phenoxy) is 2. The Morgan fingerprint density at radius 2 is 2.12 bits per heavy atom. The van der Waals surface area contributed by atoms with Crippen LogP contribution in [0, 0.1) is 5.82 Å². The Kier molecular flexibility index (Phi) is 5.94. The van der Waals surface area contributed by atoms with Crippen molar-refractivity contribution in [3.63, 3.8) is 0 Å². The topological polar surface area (TPSA) is 30.5 Å². The maximum Gasteiger partial charge on any atom is 0.123 e.